The molecule has 1 N–H and O–H groups in total. The van der Waals surface area contributed by atoms with E-state index < -0.39 is 10.0 Å². The van der Waals surface area contributed by atoms with Crippen molar-refractivity contribution in [3.05, 3.63) is 40.1 Å². The van der Waals surface area contributed by atoms with E-state index in [0.717, 1.165) is 37.9 Å². The molecule has 3 aromatic rings. The first-order chi connectivity index (χ1) is 18.8. The summed E-state index contributed by atoms with van der Waals surface area (Å²) in [6, 6.07) is 5.26. The van der Waals surface area contributed by atoms with Gasteiger partial charge in [0.05, 0.1) is 42.5 Å². The number of aromatic amines is 1. The van der Waals surface area contributed by atoms with Crippen molar-refractivity contribution in [3.8, 4) is 17.1 Å². The van der Waals surface area contributed by atoms with Crippen molar-refractivity contribution in [3.63, 3.8) is 0 Å². The van der Waals surface area contributed by atoms with Gasteiger partial charge in [0.15, 0.2) is 11.3 Å². The fourth-order valence-electron chi connectivity index (χ4n) is 5.50. The van der Waals surface area contributed by atoms with Crippen LogP contribution < -0.4 is 14.7 Å². The highest BCUT2D eigenvalue weighted by Crippen LogP contribution is 2.36. The number of anilines is 1. The molecular weight excluding hydrogens is 520 g/mol. The quantitative estimate of drug-likeness (QED) is 0.400. The minimum absolute atomic E-state index is 0.00782. The summed E-state index contributed by atoms with van der Waals surface area (Å²) in [6.45, 7) is 7.95. The third-order valence-electron chi connectivity index (χ3n) is 7.29. The molecule has 2 aliphatic rings. The lowest BCUT2D eigenvalue weighted by Crippen LogP contribution is -2.52. The van der Waals surface area contributed by atoms with Gasteiger partial charge in [0.1, 0.15) is 11.6 Å². The van der Waals surface area contributed by atoms with Crippen molar-refractivity contribution in [2.24, 2.45) is 0 Å². The number of imidazole rings is 1. The molecule has 1 saturated carbocycles. The Hall–Kier alpha value is -2.96. The monoisotopic (exact) mass is 558 g/mol. The molecule has 0 amide bonds. The van der Waals surface area contributed by atoms with E-state index in [4.69, 9.17) is 19.6 Å². The molecule has 12 heteroatoms. The summed E-state index contributed by atoms with van der Waals surface area (Å²) in [7, 11) is -3.66. The summed E-state index contributed by atoms with van der Waals surface area (Å²) in [5, 5.41) is 6.67. The second-order valence-corrected chi connectivity index (χ2v) is 12.2. The summed E-state index contributed by atoms with van der Waals surface area (Å²) < 4.78 is 41.6. The van der Waals surface area contributed by atoms with Crippen LogP contribution in [-0.4, -0.2) is 71.7 Å². The first-order valence-electron chi connectivity index (χ1n) is 14.0. The molecule has 5 rings (SSSR count). The summed E-state index contributed by atoms with van der Waals surface area (Å²) in [5.41, 5.74) is 1.79. The van der Waals surface area contributed by atoms with Crippen LogP contribution in [0.3, 0.4) is 0 Å². The molecule has 0 unspecified atom stereocenters. The summed E-state index contributed by atoms with van der Waals surface area (Å²) in [5.74, 6) is 1.91. The average molecular weight is 559 g/mol. The average Bonchev–Trinajstić information content (AvgIpc) is 3.56. The minimum Gasteiger partial charge on any atom is -0.493 e. The van der Waals surface area contributed by atoms with Crippen LogP contribution >= 0.6 is 0 Å². The lowest BCUT2D eigenvalue weighted by molar-refractivity contribution is 0.0409. The molecule has 3 heterocycles. The Labute approximate surface area is 229 Å². The second-order valence-electron chi connectivity index (χ2n) is 10.3. The molecule has 1 aliphatic heterocycles. The number of nitrogens with one attached hydrogen (secondary N) is 1. The SMILES string of the molecule is CCCOc1ccc(N(N2CCOCC2)S(=O)(=O)CCC)cc1-c1nn2c(C3CCCC3)nc(C)c2c(=O)[nH]1. The van der Waals surface area contributed by atoms with Crippen molar-refractivity contribution < 1.29 is 17.9 Å². The molecular formula is C27H38N6O5S. The molecule has 2 fully saturated rings. The van der Waals surface area contributed by atoms with Gasteiger partial charge < -0.3 is 14.5 Å². The van der Waals surface area contributed by atoms with Crippen LogP contribution in [-0.2, 0) is 14.8 Å². The van der Waals surface area contributed by atoms with E-state index >= 15 is 0 Å². The molecule has 1 saturated heterocycles. The number of morpholine rings is 1. The molecule has 0 radical (unpaired) electrons. The molecule has 0 bridgehead atoms. The van der Waals surface area contributed by atoms with Gasteiger partial charge in [-0.1, -0.05) is 26.7 Å². The van der Waals surface area contributed by atoms with E-state index in [0.29, 0.717) is 73.4 Å². The Morgan fingerprint density at radius 3 is 2.59 bits per heavy atom. The fraction of sp³-hybridized carbons (Fsp3) is 0.593. The van der Waals surface area contributed by atoms with Crippen molar-refractivity contribution in [2.75, 3.05) is 43.1 Å². The van der Waals surface area contributed by atoms with Gasteiger partial charge in [-0.15, -0.1) is 5.10 Å². The van der Waals surface area contributed by atoms with Crippen LogP contribution in [0.4, 0.5) is 5.69 Å². The number of benzene rings is 1. The Morgan fingerprint density at radius 2 is 1.90 bits per heavy atom. The van der Waals surface area contributed by atoms with Crippen LogP contribution in [0.2, 0.25) is 0 Å². The van der Waals surface area contributed by atoms with E-state index in [1.165, 1.54) is 4.41 Å². The third kappa shape index (κ3) is 5.55. The summed E-state index contributed by atoms with van der Waals surface area (Å²) in [6.07, 6.45) is 5.59. The van der Waals surface area contributed by atoms with Gasteiger partial charge in [0.25, 0.3) is 5.56 Å². The van der Waals surface area contributed by atoms with Crippen molar-refractivity contribution >= 4 is 21.2 Å². The lowest BCUT2D eigenvalue weighted by Gasteiger charge is -2.37. The first kappa shape index (κ1) is 27.6. The van der Waals surface area contributed by atoms with Crippen LogP contribution in [0.15, 0.2) is 23.0 Å². The van der Waals surface area contributed by atoms with Gasteiger partial charge in [0, 0.05) is 19.0 Å². The number of aromatic nitrogens is 4. The molecule has 39 heavy (non-hydrogen) atoms. The minimum atomic E-state index is -3.66. The van der Waals surface area contributed by atoms with Crippen molar-refractivity contribution in [1.29, 1.82) is 0 Å². The number of rotatable bonds is 10. The maximum Gasteiger partial charge on any atom is 0.277 e. The van der Waals surface area contributed by atoms with E-state index in [1.54, 1.807) is 27.7 Å². The Balaban J connectivity index is 1.67. The number of ether oxygens (including phenoxy) is 2. The Bertz CT molecular complexity index is 1470. The van der Waals surface area contributed by atoms with Crippen LogP contribution in [0.5, 0.6) is 5.75 Å². The zero-order valence-electron chi connectivity index (χ0n) is 23.0. The second kappa shape index (κ2) is 11.6. The maximum atomic E-state index is 13.5. The molecule has 212 valence electrons. The summed E-state index contributed by atoms with van der Waals surface area (Å²) >= 11 is 0. The topological polar surface area (TPSA) is 122 Å². The van der Waals surface area contributed by atoms with E-state index in [1.807, 2.05) is 20.8 Å². The molecule has 2 aromatic heterocycles. The standard InChI is InChI=1S/C27H38N6O5S/c1-4-14-38-23-11-10-21(33(39(35,36)17-5-2)31-12-15-37-16-13-31)18-22(23)25-29-27(34)24-19(3)28-26(32(24)30-25)20-8-6-7-9-20/h10-11,18,20H,4-9,12-17H2,1-3H3,(H,29,30,34). The number of aryl methyl sites for hydroxylation is 1. The predicted octanol–water partition coefficient (Wildman–Crippen LogP) is 3.63. The number of sulfonamides is 1. The number of nitrogens with zero attached hydrogens (tertiary/aromatic N) is 5. The number of fused-ring (bicyclic) bond motifs is 1. The van der Waals surface area contributed by atoms with Crippen molar-refractivity contribution in [2.45, 2.75) is 65.2 Å². The van der Waals surface area contributed by atoms with Gasteiger partial charge >= 0.3 is 0 Å². The highest BCUT2D eigenvalue weighted by atomic mass is 32.2. The first-order valence-corrected chi connectivity index (χ1v) is 15.6. The normalized spacial score (nSPS) is 17.2. The number of hydrogen-bond donors (Lipinski definition) is 1. The fourth-order valence-corrected chi connectivity index (χ4v) is 7.14. The molecule has 0 atom stereocenters. The van der Waals surface area contributed by atoms with Gasteiger partial charge in [-0.25, -0.2) is 22.9 Å². The van der Waals surface area contributed by atoms with Gasteiger partial charge in [-0.05, 0) is 50.8 Å². The van der Waals surface area contributed by atoms with Gasteiger partial charge in [-0.3, -0.25) is 4.79 Å². The molecule has 11 nitrogen and oxygen atoms in total. The Kier molecular flexibility index (Phi) is 8.24. The van der Waals surface area contributed by atoms with Crippen LogP contribution in [0.1, 0.15) is 69.8 Å². The predicted molar refractivity (Wildman–Crippen MR) is 150 cm³/mol. The van der Waals surface area contributed by atoms with Gasteiger partial charge in [-0.2, -0.15) is 4.41 Å². The Morgan fingerprint density at radius 1 is 1.15 bits per heavy atom. The lowest BCUT2D eigenvalue weighted by atomic mass is 10.1. The van der Waals surface area contributed by atoms with E-state index in [9.17, 15) is 13.2 Å². The number of hydrogen-bond acceptors (Lipinski definition) is 8. The van der Waals surface area contributed by atoms with Gasteiger partial charge in [0.2, 0.25) is 10.0 Å². The molecule has 1 aliphatic carbocycles. The van der Waals surface area contributed by atoms with E-state index in [-0.39, 0.29) is 17.2 Å². The van der Waals surface area contributed by atoms with Crippen molar-refractivity contribution in [1.82, 2.24) is 24.6 Å². The zero-order chi connectivity index (χ0) is 27.6. The van der Waals surface area contributed by atoms with E-state index in [2.05, 4.69) is 4.98 Å². The number of H-pyrrole nitrogens is 1. The van der Waals surface area contributed by atoms with Crippen LogP contribution in [0.25, 0.3) is 16.9 Å². The molecule has 0 spiro atoms. The third-order valence-corrected chi connectivity index (χ3v) is 9.18. The smallest absolute Gasteiger partial charge is 0.277 e. The summed E-state index contributed by atoms with van der Waals surface area (Å²) in [4.78, 5) is 21.0. The maximum absolute atomic E-state index is 13.5. The number of hydrazine groups is 1. The zero-order valence-corrected chi connectivity index (χ0v) is 23.8. The molecule has 1 aromatic carbocycles. The largest absolute Gasteiger partial charge is 0.493 e. The van der Waals surface area contributed by atoms with Crippen LogP contribution in [0, 0.1) is 6.92 Å². The highest BCUT2D eigenvalue weighted by molar-refractivity contribution is 7.92. The highest BCUT2D eigenvalue weighted by Gasteiger charge is 2.31.